The zero-order chi connectivity index (χ0) is 16.1. The fraction of sp³-hybridized carbons (Fsp3) is 0.368. The van der Waals surface area contributed by atoms with Crippen molar-refractivity contribution in [3.8, 4) is 5.75 Å². The van der Waals surface area contributed by atoms with Crippen LogP contribution in [0.2, 0.25) is 0 Å². The number of nitrogens with one attached hydrogen (secondary N) is 1. The van der Waals surface area contributed by atoms with Crippen molar-refractivity contribution in [3.63, 3.8) is 0 Å². The molecule has 0 aliphatic rings. The number of anilines is 1. The Morgan fingerprint density at radius 2 is 1.50 bits per heavy atom. The molecule has 0 aromatic heterocycles. The molecule has 0 amide bonds. The average molecular weight is 298 g/mol. The van der Waals surface area contributed by atoms with Crippen LogP contribution < -0.4 is 10.1 Å². The third-order valence-electron chi connectivity index (χ3n) is 4.16. The maximum Gasteiger partial charge on any atom is 0.124 e. The first kappa shape index (κ1) is 16.4. The molecule has 0 aliphatic carbocycles. The molecule has 2 aromatic carbocycles. The monoisotopic (exact) mass is 298 g/mol. The molecule has 0 spiro atoms. The second kappa shape index (κ2) is 7.32. The Balaban J connectivity index is 2.27. The molecule has 0 bridgehead atoms. The van der Waals surface area contributed by atoms with E-state index in [0.29, 0.717) is 6.04 Å². The van der Waals surface area contributed by atoms with Gasteiger partial charge in [0.2, 0.25) is 0 Å². The van der Waals surface area contributed by atoms with Crippen LogP contribution in [-0.4, -0.2) is 26.1 Å². The van der Waals surface area contributed by atoms with E-state index in [1.165, 1.54) is 11.3 Å². The SMILES string of the molecule is COc1ccccc1[C@@H](C)Nc1ccccc1[C@@H](C)N(C)C. The number of hydrogen-bond acceptors (Lipinski definition) is 3. The molecule has 0 unspecified atom stereocenters. The van der Waals surface area contributed by atoms with Gasteiger partial charge in [-0.3, -0.25) is 0 Å². The molecule has 118 valence electrons. The highest BCUT2D eigenvalue weighted by Crippen LogP contribution is 2.31. The summed E-state index contributed by atoms with van der Waals surface area (Å²) >= 11 is 0. The van der Waals surface area contributed by atoms with Crippen LogP contribution in [0.1, 0.15) is 37.1 Å². The van der Waals surface area contributed by atoms with E-state index in [2.05, 4.69) is 68.5 Å². The van der Waals surface area contributed by atoms with Crippen molar-refractivity contribution in [3.05, 3.63) is 59.7 Å². The topological polar surface area (TPSA) is 24.5 Å². The van der Waals surface area contributed by atoms with Gasteiger partial charge in [-0.25, -0.2) is 0 Å². The zero-order valence-corrected chi connectivity index (χ0v) is 14.1. The minimum absolute atomic E-state index is 0.173. The molecule has 22 heavy (non-hydrogen) atoms. The van der Waals surface area contributed by atoms with Gasteiger partial charge in [-0.1, -0.05) is 36.4 Å². The van der Waals surface area contributed by atoms with E-state index in [1.54, 1.807) is 7.11 Å². The summed E-state index contributed by atoms with van der Waals surface area (Å²) in [6.45, 7) is 4.38. The van der Waals surface area contributed by atoms with E-state index in [0.717, 1.165) is 11.3 Å². The summed E-state index contributed by atoms with van der Waals surface area (Å²) in [5.74, 6) is 0.917. The summed E-state index contributed by atoms with van der Waals surface area (Å²) in [6, 6.07) is 17.2. The average Bonchev–Trinajstić information content (AvgIpc) is 2.54. The highest BCUT2D eigenvalue weighted by molar-refractivity contribution is 5.54. The quantitative estimate of drug-likeness (QED) is 0.850. The van der Waals surface area contributed by atoms with Gasteiger partial charge in [0.15, 0.2) is 0 Å². The molecule has 0 heterocycles. The van der Waals surface area contributed by atoms with E-state index in [-0.39, 0.29) is 6.04 Å². The standard InChI is InChI=1S/C19H26N2O/c1-14(16-10-7-9-13-19(16)22-5)20-18-12-8-6-11-17(18)15(2)21(3)4/h6-15,20H,1-5H3/t14-,15-/m1/s1. The number of rotatable bonds is 6. The molecule has 3 heteroatoms. The molecule has 0 saturated carbocycles. The largest absolute Gasteiger partial charge is 0.496 e. The first-order valence-corrected chi connectivity index (χ1v) is 7.69. The highest BCUT2D eigenvalue weighted by Gasteiger charge is 2.15. The number of ether oxygens (including phenoxy) is 1. The second-order valence-electron chi connectivity index (χ2n) is 5.83. The first-order chi connectivity index (χ1) is 10.5. The summed E-state index contributed by atoms with van der Waals surface area (Å²) in [4.78, 5) is 2.22. The van der Waals surface area contributed by atoms with Crippen molar-refractivity contribution in [2.45, 2.75) is 25.9 Å². The Morgan fingerprint density at radius 1 is 0.909 bits per heavy atom. The lowest BCUT2D eigenvalue weighted by Crippen LogP contribution is -2.19. The van der Waals surface area contributed by atoms with Crippen LogP contribution in [0, 0.1) is 0 Å². The van der Waals surface area contributed by atoms with Crippen molar-refractivity contribution in [1.82, 2.24) is 4.90 Å². The maximum absolute atomic E-state index is 5.47. The fourth-order valence-corrected chi connectivity index (χ4v) is 2.61. The molecule has 2 atom stereocenters. The van der Waals surface area contributed by atoms with Crippen molar-refractivity contribution in [2.75, 3.05) is 26.5 Å². The third kappa shape index (κ3) is 3.60. The third-order valence-corrected chi connectivity index (χ3v) is 4.16. The van der Waals surface area contributed by atoms with E-state index in [4.69, 9.17) is 4.74 Å². The van der Waals surface area contributed by atoms with E-state index in [1.807, 2.05) is 18.2 Å². The summed E-state index contributed by atoms with van der Waals surface area (Å²) in [5.41, 5.74) is 3.63. The Labute approximate surface area is 133 Å². The number of benzene rings is 2. The normalized spacial score (nSPS) is 13.7. The molecule has 0 radical (unpaired) electrons. The number of methoxy groups -OCH3 is 1. The van der Waals surface area contributed by atoms with Gasteiger partial charge in [-0.05, 0) is 45.6 Å². The van der Waals surface area contributed by atoms with Gasteiger partial charge in [0.25, 0.3) is 0 Å². The lowest BCUT2D eigenvalue weighted by atomic mass is 10.0. The van der Waals surface area contributed by atoms with Gasteiger partial charge in [-0.2, -0.15) is 0 Å². The van der Waals surface area contributed by atoms with Crippen molar-refractivity contribution in [1.29, 1.82) is 0 Å². The van der Waals surface area contributed by atoms with Crippen LogP contribution in [-0.2, 0) is 0 Å². The van der Waals surface area contributed by atoms with Gasteiger partial charge in [0, 0.05) is 17.3 Å². The number of hydrogen-bond donors (Lipinski definition) is 1. The predicted octanol–water partition coefficient (Wildman–Crippen LogP) is 4.49. The van der Waals surface area contributed by atoms with Gasteiger partial charge >= 0.3 is 0 Å². The molecular weight excluding hydrogens is 272 g/mol. The first-order valence-electron chi connectivity index (χ1n) is 7.69. The summed E-state index contributed by atoms with van der Waals surface area (Å²) in [6.07, 6.45) is 0. The Hall–Kier alpha value is -2.00. The molecule has 0 saturated heterocycles. The molecule has 0 aliphatic heterocycles. The van der Waals surface area contributed by atoms with Crippen LogP contribution in [0.15, 0.2) is 48.5 Å². The van der Waals surface area contributed by atoms with Crippen LogP contribution in [0.25, 0.3) is 0 Å². The van der Waals surface area contributed by atoms with Crippen LogP contribution in [0.5, 0.6) is 5.75 Å². The molecule has 2 aromatic rings. The zero-order valence-electron chi connectivity index (χ0n) is 14.1. The van der Waals surface area contributed by atoms with Gasteiger partial charge in [-0.15, -0.1) is 0 Å². The predicted molar refractivity (Wildman–Crippen MR) is 93.6 cm³/mol. The summed E-state index contributed by atoms with van der Waals surface area (Å²) in [5, 5.41) is 3.63. The molecule has 0 fully saturated rings. The van der Waals surface area contributed by atoms with Crippen LogP contribution >= 0.6 is 0 Å². The number of nitrogens with zero attached hydrogens (tertiary/aromatic N) is 1. The highest BCUT2D eigenvalue weighted by atomic mass is 16.5. The van der Waals surface area contributed by atoms with E-state index in [9.17, 15) is 0 Å². The minimum atomic E-state index is 0.173. The van der Waals surface area contributed by atoms with E-state index >= 15 is 0 Å². The smallest absolute Gasteiger partial charge is 0.124 e. The van der Waals surface area contributed by atoms with Crippen LogP contribution in [0.3, 0.4) is 0 Å². The van der Waals surface area contributed by atoms with Crippen molar-refractivity contribution in [2.24, 2.45) is 0 Å². The molecule has 1 N–H and O–H groups in total. The second-order valence-corrected chi connectivity index (χ2v) is 5.83. The van der Waals surface area contributed by atoms with Crippen molar-refractivity contribution < 1.29 is 4.74 Å². The molecular formula is C19H26N2O. The lowest BCUT2D eigenvalue weighted by molar-refractivity contribution is 0.321. The molecule has 3 nitrogen and oxygen atoms in total. The Morgan fingerprint density at radius 3 is 2.14 bits per heavy atom. The van der Waals surface area contributed by atoms with Crippen LogP contribution in [0.4, 0.5) is 5.69 Å². The maximum atomic E-state index is 5.47. The van der Waals surface area contributed by atoms with E-state index < -0.39 is 0 Å². The minimum Gasteiger partial charge on any atom is -0.496 e. The van der Waals surface area contributed by atoms with Crippen molar-refractivity contribution >= 4 is 5.69 Å². The van der Waals surface area contributed by atoms with Gasteiger partial charge in [0.05, 0.1) is 13.2 Å². The lowest BCUT2D eigenvalue weighted by Gasteiger charge is -2.26. The Bertz CT molecular complexity index is 610. The van der Waals surface area contributed by atoms with Gasteiger partial charge in [0.1, 0.15) is 5.75 Å². The number of para-hydroxylation sites is 2. The summed E-state index contributed by atoms with van der Waals surface area (Å²) in [7, 11) is 5.92. The fourth-order valence-electron chi connectivity index (χ4n) is 2.61. The Kier molecular flexibility index (Phi) is 5.45. The van der Waals surface area contributed by atoms with Gasteiger partial charge < -0.3 is 15.0 Å². The molecule has 2 rings (SSSR count). The summed E-state index contributed by atoms with van der Waals surface area (Å²) < 4.78 is 5.47.